The summed E-state index contributed by atoms with van der Waals surface area (Å²) < 4.78 is 0. The largest absolute Gasteiger partial charge is 0.317 e. The number of rotatable bonds is 8. The van der Waals surface area contributed by atoms with E-state index in [1.54, 1.807) is 0 Å². The standard InChI is InChI=1S/C13H27N/c1-4-6-12(7-5-2)13(14-3)10-11-8-9-11/h11-14H,4-10H2,1-3H3. The summed E-state index contributed by atoms with van der Waals surface area (Å²) in [5.74, 6) is 1.99. The van der Waals surface area contributed by atoms with E-state index in [4.69, 9.17) is 0 Å². The Morgan fingerprint density at radius 3 is 2.07 bits per heavy atom. The van der Waals surface area contributed by atoms with Gasteiger partial charge in [-0.05, 0) is 38.1 Å². The minimum Gasteiger partial charge on any atom is -0.317 e. The van der Waals surface area contributed by atoms with Crippen LogP contribution in [0.2, 0.25) is 0 Å². The van der Waals surface area contributed by atoms with Crippen LogP contribution in [0.25, 0.3) is 0 Å². The lowest BCUT2D eigenvalue weighted by molar-refractivity contribution is 0.300. The molecule has 0 amide bonds. The molecule has 0 aromatic carbocycles. The predicted octanol–water partition coefficient (Wildman–Crippen LogP) is 3.59. The molecule has 0 aromatic rings. The molecular formula is C13H27N. The molecule has 1 aliphatic rings. The number of hydrogen-bond acceptors (Lipinski definition) is 1. The van der Waals surface area contributed by atoms with Crippen molar-refractivity contribution in [1.29, 1.82) is 0 Å². The van der Waals surface area contributed by atoms with E-state index < -0.39 is 0 Å². The first kappa shape index (κ1) is 12.0. The van der Waals surface area contributed by atoms with Crippen molar-refractivity contribution in [2.24, 2.45) is 11.8 Å². The van der Waals surface area contributed by atoms with Gasteiger partial charge in [0, 0.05) is 6.04 Å². The SMILES string of the molecule is CCCC(CCC)C(CC1CC1)NC. The molecule has 1 fully saturated rings. The van der Waals surface area contributed by atoms with E-state index in [9.17, 15) is 0 Å². The van der Waals surface area contributed by atoms with E-state index in [1.807, 2.05) is 0 Å². The second kappa shape index (κ2) is 6.44. The van der Waals surface area contributed by atoms with E-state index in [2.05, 4.69) is 26.2 Å². The molecule has 1 heteroatoms. The molecule has 1 aliphatic carbocycles. The highest BCUT2D eigenvalue weighted by atomic mass is 14.9. The molecule has 0 saturated heterocycles. The summed E-state index contributed by atoms with van der Waals surface area (Å²) in [6, 6.07) is 0.794. The topological polar surface area (TPSA) is 12.0 Å². The monoisotopic (exact) mass is 197 g/mol. The third-order valence-electron chi connectivity index (χ3n) is 3.54. The second-order valence-corrected chi connectivity index (χ2v) is 4.91. The lowest BCUT2D eigenvalue weighted by atomic mass is 9.87. The average molecular weight is 197 g/mol. The lowest BCUT2D eigenvalue weighted by Gasteiger charge is -2.26. The van der Waals surface area contributed by atoms with Gasteiger partial charge in [-0.1, -0.05) is 39.5 Å². The molecule has 0 aromatic heterocycles. The molecule has 1 N–H and O–H groups in total. The molecule has 1 atom stereocenters. The summed E-state index contributed by atoms with van der Waals surface area (Å²) >= 11 is 0. The van der Waals surface area contributed by atoms with Crippen molar-refractivity contribution in [3.8, 4) is 0 Å². The van der Waals surface area contributed by atoms with Gasteiger partial charge in [-0.25, -0.2) is 0 Å². The Bertz CT molecular complexity index is 134. The maximum Gasteiger partial charge on any atom is 0.00949 e. The van der Waals surface area contributed by atoms with Crippen LogP contribution in [0.15, 0.2) is 0 Å². The van der Waals surface area contributed by atoms with Crippen LogP contribution in [0.4, 0.5) is 0 Å². The lowest BCUT2D eigenvalue weighted by Crippen LogP contribution is -2.34. The van der Waals surface area contributed by atoms with E-state index >= 15 is 0 Å². The first-order valence-corrected chi connectivity index (χ1v) is 6.49. The van der Waals surface area contributed by atoms with Gasteiger partial charge in [0.25, 0.3) is 0 Å². The molecule has 0 bridgehead atoms. The van der Waals surface area contributed by atoms with Gasteiger partial charge in [0.2, 0.25) is 0 Å². The van der Waals surface area contributed by atoms with Crippen LogP contribution in [0.3, 0.4) is 0 Å². The second-order valence-electron chi connectivity index (χ2n) is 4.91. The first-order chi connectivity index (χ1) is 6.81. The van der Waals surface area contributed by atoms with Gasteiger partial charge in [-0.15, -0.1) is 0 Å². The fourth-order valence-electron chi connectivity index (χ4n) is 2.55. The third-order valence-corrected chi connectivity index (χ3v) is 3.54. The van der Waals surface area contributed by atoms with Crippen molar-refractivity contribution in [3.63, 3.8) is 0 Å². The molecule has 0 heterocycles. The molecule has 0 aliphatic heterocycles. The zero-order valence-electron chi connectivity index (χ0n) is 10.2. The smallest absolute Gasteiger partial charge is 0.00949 e. The molecule has 1 saturated carbocycles. The Kier molecular flexibility index (Phi) is 5.54. The van der Waals surface area contributed by atoms with Gasteiger partial charge in [0.05, 0.1) is 0 Å². The molecule has 0 radical (unpaired) electrons. The molecule has 84 valence electrons. The van der Waals surface area contributed by atoms with Gasteiger partial charge < -0.3 is 5.32 Å². The van der Waals surface area contributed by atoms with Crippen molar-refractivity contribution in [2.45, 2.75) is 64.8 Å². The van der Waals surface area contributed by atoms with Crippen LogP contribution in [0.5, 0.6) is 0 Å². The summed E-state index contributed by atoms with van der Waals surface area (Å²) in [7, 11) is 2.14. The normalized spacial score (nSPS) is 18.9. The van der Waals surface area contributed by atoms with Gasteiger partial charge >= 0.3 is 0 Å². The highest BCUT2D eigenvalue weighted by Crippen LogP contribution is 2.36. The van der Waals surface area contributed by atoms with Crippen molar-refractivity contribution in [2.75, 3.05) is 7.05 Å². The Hall–Kier alpha value is -0.0400. The Morgan fingerprint density at radius 1 is 1.14 bits per heavy atom. The van der Waals surface area contributed by atoms with E-state index in [1.165, 1.54) is 44.9 Å². The summed E-state index contributed by atoms with van der Waals surface area (Å²) in [4.78, 5) is 0. The summed E-state index contributed by atoms with van der Waals surface area (Å²) in [6.07, 6.45) is 9.91. The van der Waals surface area contributed by atoms with Crippen molar-refractivity contribution >= 4 is 0 Å². The predicted molar refractivity (Wildman–Crippen MR) is 63.5 cm³/mol. The summed E-state index contributed by atoms with van der Waals surface area (Å²) in [5, 5.41) is 3.54. The van der Waals surface area contributed by atoms with Crippen LogP contribution in [0.1, 0.15) is 58.8 Å². The van der Waals surface area contributed by atoms with Crippen LogP contribution < -0.4 is 5.32 Å². The zero-order valence-corrected chi connectivity index (χ0v) is 10.2. The minimum absolute atomic E-state index is 0.794. The molecule has 0 spiro atoms. The molecule has 14 heavy (non-hydrogen) atoms. The number of nitrogens with one attached hydrogen (secondary N) is 1. The quantitative estimate of drug-likeness (QED) is 0.627. The van der Waals surface area contributed by atoms with Gasteiger partial charge in [0.1, 0.15) is 0 Å². The zero-order chi connectivity index (χ0) is 10.4. The molecular weight excluding hydrogens is 170 g/mol. The van der Waals surface area contributed by atoms with Gasteiger partial charge in [-0.3, -0.25) is 0 Å². The number of hydrogen-bond donors (Lipinski definition) is 1. The molecule has 1 rings (SSSR count). The highest BCUT2D eigenvalue weighted by molar-refractivity contribution is 4.83. The molecule has 1 unspecified atom stereocenters. The third kappa shape index (κ3) is 4.00. The van der Waals surface area contributed by atoms with E-state index in [-0.39, 0.29) is 0 Å². The minimum atomic E-state index is 0.794. The van der Waals surface area contributed by atoms with Crippen LogP contribution in [-0.4, -0.2) is 13.1 Å². The van der Waals surface area contributed by atoms with Crippen molar-refractivity contribution in [3.05, 3.63) is 0 Å². The summed E-state index contributed by atoms with van der Waals surface area (Å²) in [6.45, 7) is 4.62. The Morgan fingerprint density at radius 2 is 1.71 bits per heavy atom. The van der Waals surface area contributed by atoms with E-state index in [0.717, 1.165) is 17.9 Å². The highest BCUT2D eigenvalue weighted by Gasteiger charge is 2.28. The Labute approximate surface area is 89.7 Å². The van der Waals surface area contributed by atoms with Gasteiger partial charge in [-0.2, -0.15) is 0 Å². The Balaban J connectivity index is 2.33. The van der Waals surface area contributed by atoms with Crippen molar-refractivity contribution in [1.82, 2.24) is 5.32 Å². The summed E-state index contributed by atoms with van der Waals surface area (Å²) in [5.41, 5.74) is 0. The van der Waals surface area contributed by atoms with Crippen LogP contribution >= 0.6 is 0 Å². The fraction of sp³-hybridized carbons (Fsp3) is 1.00. The van der Waals surface area contributed by atoms with E-state index in [0.29, 0.717) is 0 Å². The maximum absolute atomic E-state index is 3.54. The molecule has 1 nitrogen and oxygen atoms in total. The van der Waals surface area contributed by atoms with Crippen LogP contribution in [0, 0.1) is 11.8 Å². The van der Waals surface area contributed by atoms with Crippen LogP contribution in [-0.2, 0) is 0 Å². The maximum atomic E-state index is 3.54. The van der Waals surface area contributed by atoms with Crippen molar-refractivity contribution < 1.29 is 0 Å². The average Bonchev–Trinajstić information content (AvgIpc) is 2.98. The fourth-order valence-corrected chi connectivity index (χ4v) is 2.55. The first-order valence-electron chi connectivity index (χ1n) is 6.49. The van der Waals surface area contributed by atoms with Gasteiger partial charge in [0.15, 0.2) is 0 Å².